The second-order valence-corrected chi connectivity index (χ2v) is 6.97. The van der Waals surface area contributed by atoms with Crippen molar-refractivity contribution in [1.29, 1.82) is 0 Å². The SMILES string of the molecule is CC(=Cc1cc(C)c(-c2ccc3[nH]ccc3c2)cc1C)C(=O)NN(C)C. The molecule has 0 radical (unpaired) electrons. The molecule has 0 atom stereocenters. The summed E-state index contributed by atoms with van der Waals surface area (Å²) in [5, 5.41) is 2.86. The number of amides is 1. The van der Waals surface area contributed by atoms with Crippen LogP contribution < -0.4 is 5.43 Å². The number of hydrogen-bond donors (Lipinski definition) is 2. The highest BCUT2D eigenvalue weighted by Gasteiger charge is 2.09. The molecule has 4 heteroatoms. The molecule has 2 aromatic carbocycles. The van der Waals surface area contributed by atoms with Gasteiger partial charge in [-0.25, -0.2) is 5.01 Å². The van der Waals surface area contributed by atoms with Gasteiger partial charge in [-0.05, 0) is 78.2 Å². The van der Waals surface area contributed by atoms with Gasteiger partial charge in [-0.3, -0.25) is 10.2 Å². The Morgan fingerprint density at radius 2 is 1.85 bits per heavy atom. The summed E-state index contributed by atoms with van der Waals surface area (Å²) in [7, 11) is 3.60. The van der Waals surface area contributed by atoms with Gasteiger partial charge in [0.1, 0.15) is 0 Å². The van der Waals surface area contributed by atoms with Crippen LogP contribution in [0.25, 0.3) is 28.1 Å². The highest BCUT2D eigenvalue weighted by atomic mass is 16.2. The van der Waals surface area contributed by atoms with Crippen LogP contribution in [0.15, 0.2) is 48.2 Å². The number of nitrogens with zero attached hydrogens (tertiary/aromatic N) is 1. The van der Waals surface area contributed by atoms with E-state index in [0.29, 0.717) is 5.57 Å². The van der Waals surface area contributed by atoms with Crippen LogP contribution in [-0.2, 0) is 4.79 Å². The van der Waals surface area contributed by atoms with E-state index in [2.05, 4.69) is 60.7 Å². The van der Waals surface area contributed by atoms with Crippen molar-refractivity contribution in [1.82, 2.24) is 15.4 Å². The highest BCUT2D eigenvalue weighted by molar-refractivity contribution is 5.97. The molecule has 0 aliphatic rings. The number of rotatable bonds is 4. The number of aromatic amines is 1. The molecular formula is C22H25N3O. The number of hydrogen-bond acceptors (Lipinski definition) is 2. The molecule has 0 saturated carbocycles. The maximum Gasteiger partial charge on any atom is 0.261 e. The van der Waals surface area contributed by atoms with E-state index in [4.69, 9.17) is 0 Å². The Morgan fingerprint density at radius 1 is 1.08 bits per heavy atom. The molecule has 0 unspecified atom stereocenters. The molecule has 0 aliphatic carbocycles. The van der Waals surface area contributed by atoms with E-state index in [0.717, 1.165) is 16.6 Å². The molecule has 4 nitrogen and oxygen atoms in total. The molecule has 3 rings (SSSR count). The van der Waals surface area contributed by atoms with Gasteiger partial charge in [0.15, 0.2) is 0 Å². The summed E-state index contributed by atoms with van der Waals surface area (Å²) in [4.78, 5) is 15.3. The summed E-state index contributed by atoms with van der Waals surface area (Å²) in [6.07, 6.45) is 3.91. The number of carbonyl (C=O) groups is 1. The number of carbonyl (C=O) groups excluding carboxylic acids is 1. The summed E-state index contributed by atoms with van der Waals surface area (Å²) in [5.74, 6) is -0.0889. The largest absolute Gasteiger partial charge is 0.361 e. The maximum atomic E-state index is 12.1. The lowest BCUT2D eigenvalue weighted by Crippen LogP contribution is -2.36. The van der Waals surface area contributed by atoms with Crippen LogP contribution in [0.4, 0.5) is 0 Å². The fourth-order valence-electron chi connectivity index (χ4n) is 3.12. The third kappa shape index (κ3) is 3.70. The molecule has 2 N–H and O–H groups in total. The van der Waals surface area contributed by atoms with Crippen LogP contribution in [0.5, 0.6) is 0 Å². The number of aryl methyl sites for hydroxylation is 2. The molecule has 134 valence electrons. The van der Waals surface area contributed by atoms with Crippen LogP contribution in [0.2, 0.25) is 0 Å². The average Bonchev–Trinajstić information content (AvgIpc) is 3.04. The fourth-order valence-corrected chi connectivity index (χ4v) is 3.12. The second-order valence-electron chi connectivity index (χ2n) is 6.97. The van der Waals surface area contributed by atoms with E-state index in [-0.39, 0.29) is 5.91 Å². The van der Waals surface area contributed by atoms with Crippen molar-refractivity contribution in [3.8, 4) is 11.1 Å². The van der Waals surface area contributed by atoms with E-state index in [9.17, 15) is 4.79 Å². The van der Waals surface area contributed by atoms with Gasteiger partial charge in [0, 0.05) is 31.4 Å². The third-order valence-corrected chi connectivity index (χ3v) is 4.53. The van der Waals surface area contributed by atoms with Gasteiger partial charge >= 0.3 is 0 Å². The zero-order chi connectivity index (χ0) is 18.8. The van der Waals surface area contributed by atoms with Crippen molar-refractivity contribution < 1.29 is 4.79 Å². The predicted octanol–water partition coefficient (Wildman–Crippen LogP) is 4.45. The normalized spacial score (nSPS) is 12.0. The molecule has 0 bridgehead atoms. The van der Waals surface area contributed by atoms with Gasteiger partial charge in [0.2, 0.25) is 0 Å². The minimum Gasteiger partial charge on any atom is -0.361 e. The molecule has 0 saturated heterocycles. The molecular weight excluding hydrogens is 322 g/mol. The number of H-pyrrole nitrogens is 1. The van der Waals surface area contributed by atoms with Crippen LogP contribution in [0.3, 0.4) is 0 Å². The van der Waals surface area contributed by atoms with Gasteiger partial charge < -0.3 is 4.98 Å². The third-order valence-electron chi connectivity index (χ3n) is 4.53. The molecule has 1 aromatic heterocycles. The predicted molar refractivity (Wildman–Crippen MR) is 109 cm³/mol. The van der Waals surface area contributed by atoms with E-state index >= 15 is 0 Å². The van der Waals surface area contributed by atoms with E-state index < -0.39 is 0 Å². The van der Waals surface area contributed by atoms with Crippen LogP contribution in [0, 0.1) is 13.8 Å². The van der Waals surface area contributed by atoms with Crippen LogP contribution in [-0.4, -0.2) is 30.0 Å². The molecule has 1 amide bonds. The first-order valence-corrected chi connectivity index (χ1v) is 8.70. The number of nitrogens with one attached hydrogen (secondary N) is 2. The Labute approximate surface area is 154 Å². The summed E-state index contributed by atoms with van der Waals surface area (Å²) in [5.41, 5.74) is 10.4. The zero-order valence-corrected chi connectivity index (χ0v) is 16.0. The standard InChI is InChI=1S/C22H25N3O/c1-14-12-20(17-6-7-21-18(13-17)8-9-23-21)15(2)10-19(14)11-16(3)22(26)24-25(4)5/h6-13,23H,1-5H3,(H,24,26). The first-order chi connectivity index (χ1) is 12.3. The Kier molecular flexibility index (Phi) is 4.96. The number of aromatic nitrogens is 1. The molecule has 26 heavy (non-hydrogen) atoms. The van der Waals surface area contributed by atoms with E-state index in [1.807, 2.05) is 19.2 Å². The van der Waals surface area contributed by atoms with Gasteiger partial charge in [-0.2, -0.15) is 0 Å². The van der Waals surface area contributed by atoms with E-state index in [1.165, 1.54) is 22.1 Å². The second kappa shape index (κ2) is 7.18. The average molecular weight is 347 g/mol. The lowest BCUT2D eigenvalue weighted by molar-refractivity contribution is -0.120. The van der Waals surface area contributed by atoms with Gasteiger partial charge in [0.05, 0.1) is 0 Å². The van der Waals surface area contributed by atoms with E-state index in [1.54, 1.807) is 19.1 Å². The van der Waals surface area contributed by atoms with Gasteiger partial charge in [0.25, 0.3) is 5.91 Å². The van der Waals surface area contributed by atoms with Crippen molar-refractivity contribution in [2.45, 2.75) is 20.8 Å². The van der Waals surface area contributed by atoms with Crippen LogP contribution >= 0.6 is 0 Å². The van der Waals surface area contributed by atoms with Crippen molar-refractivity contribution in [2.24, 2.45) is 0 Å². The highest BCUT2D eigenvalue weighted by Crippen LogP contribution is 2.29. The quantitative estimate of drug-likeness (QED) is 0.541. The van der Waals surface area contributed by atoms with Gasteiger partial charge in [-0.1, -0.05) is 18.2 Å². The number of benzene rings is 2. The minimum absolute atomic E-state index is 0.0889. The van der Waals surface area contributed by atoms with Gasteiger partial charge in [-0.15, -0.1) is 0 Å². The molecule has 0 spiro atoms. The van der Waals surface area contributed by atoms with Crippen molar-refractivity contribution >= 4 is 22.9 Å². The molecule has 0 fully saturated rings. The smallest absolute Gasteiger partial charge is 0.261 e. The van der Waals surface area contributed by atoms with Crippen LogP contribution in [0.1, 0.15) is 23.6 Å². The van der Waals surface area contributed by atoms with Crippen molar-refractivity contribution in [3.63, 3.8) is 0 Å². The summed E-state index contributed by atoms with van der Waals surface area (Å²) >= 11 is 0. The Morgan fingerprint density at radius 3 is 2.58 bits per heavy atom. The number of hydrazine groups is 1. The monoisotopic (exact) mass is 347 g/mol. The first kappa shape index (κ1) is 18.0. The lowest BCUT2D eigenvalue weighted by Gasteiger charge is -2.14. The lowest BCUT2D eigenvalue weighted by atomic mass is 9.93. The molecule has 1 heterocycles. The Bertz CT molecular complexity index is 996. The Hall–Kier alpha value is -2.85. The zero-order valence-electron chi connectivity index (χ0n) is 16.0. The van der Waals surface area contributed by atoms with Crippen molar-refractivity contribution in [2.75, 3.05) is 14.1 Å². The topological polar surface area (TPSA) is 48.1 Å². The summed E-state index contributed by atoms with van der Waals surface area (Å²) in [6.45, 7) is 6.03. The summed E-state index contributed by atoms with van der Waals surface area (Å²) < 4.78 is 0. The Balaban J connectivity index is 1.96. The molecule has 0 aliphatic heterocycles. The maximum absolute atomic E-state index is 12.1. The summed E-state index contributed by atoms with van der Waals surface area (Å²) in [6, 6.07) is 12.9. The van der Waals surface area contributed by atoms with Crippen molar-refractivity contribution in [3.05, 3.63) is 64.9 Å². The first-order valence-electron chi connectivity index (χ1n) is 8.70. The minimum atomic E-state index is -0.0889. The number of fused-ring (bicyclic) bond motifs is 1. The molecule has 3 aromatic rings. The fraction of sp³-hybridized carbons (Fsp3) is 0.227.